The third-order valence-electron chi connectivity index (χ3n) is 26.6. The molecule has 0 N–H and O–H groups in total. The van der Waals surface area contributed by atoms with Crippen molar-refractivity contribution in [1.82, 2.24) is 0 Å². The van der Waals surface area contributed by atoms with E-state index >= 15 is 0 Å². The van der Waals surface area contributed by atoms with Gasteiger partial charge in [0, 0.05) is 43.4 Å². The van der Waals surface area contributed by atoms with E-state index < -0.39 is 0 Å². The fourth-order valence-electron chi connectivity index (χ4n) is 21.1. The molecule has 0 aliphatic rings. The van der Waals surface area contributed by atoms with Crippen LogP contribution < -0.4 is 0 Å². The fraction of sp³-hybridized carbons (Fsp3) is 0. The van der Waals surface area contributed by atoms with Crippen molar-refractivity contribution in [3.63, 3.8) is 0 Å². The molecule has 27 aromatic rings. The Kier molecular flexibility index (Phi) is 18.0. The lowest BCUT2D eigenvalue weighted by Crippen LogP contribution is -1.92. The van der Waals surface area contributed by atoms with Gasteiger partial charge in [-0.3, -0.25) is 0 Å². The molecule has 0 atom stereocenters. The Balaban J connectivity index is 0.000000105. The number of para-hydroxylation sites is 3. The highest BCUT2D eigenvalue weighted by Gasteiger charge is 2.28. The molecule has 0 aliphatic carbocycles. The van der Waals surface area contributed by atoms with Crippen molar-refractivity contribution in [1.29, 1.82) is 0 Å². The lowest BCUT2D eigenvalue weighted by molar-refractivity contribution is 0.669. The van der Waals surface area contributed by atoms with Gasteiger partial charge in [-0.1, -0.05) is 437 Å². The first kappa shape index (κ1) is 74.6. The van der Waals surface area contributed by atoms with Gasteiger partial charge in [-0.25, -0.2) is 0 Å². The molecule has 24 aromatic carbocycles. The summed E-state index contributed by atoms with van der Waals surface area (Å²) >= 11 is 0. The quantitative estimate of drug-likeness (QED) is 0.135. The van der Waals surface area contributed by atoms with E-state index in [1.54, 1.807) is 0 Å². The predicted octanol–water partition coefficient (Wildman–Crippen LogP) is 36.1. The second-order valence-corrected chi connectivity index (χ2v) is 33.6. The van der Waals surface area contributed by atoms with Gasteiger partial charge in [-0.15, -0.1) is 0 Å². The molecule has 0 unspecified atom stereocenters. The van der Waals surface area contributed by atoms with Gasteiger partial charge < -0.3 is 13.3 Å². The van der Waals surface area contributed by atoms with Gasteiger partial charge in [0.05, 0.1) is 0 Å². The fourth-order valence-corrected chi connectivity index (χ4v) is 21.1. The van der Waals surface area contributed by atoms with E-state index in [0.717, 1.165) is 93.6 Å². The number of benzene rings is 24. The minimum absolute atomic E-state index is 0.905. The van der Waals surface area contributed by atoms with Crippen molar-refractivity contribution < 1.29 is 13.3 Å². The van der Waals surface area contributed by atoms with Crippen LogP contribution in [0.25, 0.3) is 263 Å². The Morgan fingerprint density at radius 3 is 0.798 bits per heavy atom. The zero-order valence-corrected chi connectivity index (χ0v) is 70.3. The Bertz CT molecular complexity index is 9000. The molecule has 0 saturated heterocycles. The van der Waals surface area contributed by atoms with E-state index in [4.69, 9.17) is 13.3 Å². The van der Waals surface area contributed by atoms with Crippen LogP contribution in [0.2, 0.25) is 0 Å². The van der Waals surface area contributed by atoms with Crippen molar-refractivity contribution >= 4 is 163 Å². The Morgan fingerprint density at radius 2 is 0.372 bits per heavy atom. The van der Waals surface area contributed by atoms with E-state index in [2.05, 4.69) is 467 Å². The van der Waals surface area contributed by atoms with Gasteiger partial charge >= 0.3 is 0 Å². The number of fused-ring (bicyclic) bond motifs is 18. The second kappa shape index (κ2) is 31.1. The molecule has 3 heterocycles. The van der Waals surface area contributed by atoms with Crippen molar-refractivity contribution in [2.45, 2.75) is 0 Å². The minimum atomic E-state index is 0.905. The summed E-state index contributed by atoms with van der Waals surface area (Å²) in [4.78, 5) is 0. The molecule has 129 heavy (non-hydrogen) atoms. The molecule has 0 radical (unpaired) electrons. The summed E-state index contributed by atoms with van der Waals surface area (Å²) < 4.78 is 19.9. The van der Waals surface area contributed by atoms with E-state index in [9.17, 15) is 0 Å². The smallest absolute Gasteiger partial charge is 0.143 e. The van der Waals surface area contributed by atoms with Crippen LogP contribution in [0.3, 0.4) is 0 Å². The number of hydrogen-bond donors (Lipinski definition) is 0. The van der Waals surface area contributed by atoms with Crippen molar-refractivity contribution in [3.05, 3.63) is 473 Å². The summed E-state index contributed by atoms with van der Waals surface area (Å²) in [5.41, 5.74) is 27.2. The largest absolute Gasteiger partial charge is 0.456 e. The van der Waals surface area contributed by atoms with Crippen molar-refractivity contribution in [3.8, 4) is 100 Å². The van der Waals surface area contributed by atoms with Gasteiger partial charge in [-0.05, 0) is 222 Å². The highest BCUT2D eigenvalue weighted by molar-refractivity contribution is 6.32. The monoisotopic (exact) mass is 1640 g/mol. The van der Waals surface area contributed by atoms with Crippen LogP contribution in [0.1, 0.15) is 0 Å². The predicted molar refractivity (Wildman–Crippen MR) is 548 cm³/mol. The molecule has 3 aromatic heterocycles. The average Bonchev–Trinajstić information content (AvgIpc) is 1.69. The maximum atomic E-state index is 6.67. The molecule has 600 valence electrons. The van der Waals surface area contributed by atoms with Crippen LogP contribution in [-0.4, -0.2) is 0 Å². The summed E-state index contributed by atoms with van der Waals surface area (Å²) in [5, 5.41) is 29.4. The number of furan rings is 3. The first-order valence-electron chi connectivity index (χ1n) is 44.3. The molecule has 0 spiro atoms. The molecule has 0 aliphatic heterocycles. The third-order valence-corrected chi connectivity index (χ3v) is 26.6. The normalized spacial score (nSPS) is 11.7. The van der Waals surface area contributed by atoms with Crippen molar-refractivity contribution in [2.24, 2.45) is 0 Å². The van der Waals surface area contributed by atoms with Gasteiger partial charge in [0.15, 0.2) is 0 Å². The topological polar surface area (TPSA) is 39.4 Å². The number of hydrogen-bond acceptors (Lipinski definition) is 3. The Morgan fingerprint density at radius 1 is 0.116 bits per heavy atom. The average molecular weight is 1640 g/mol. The SMILES string of the molecule is c1ccc(-c2cc(-c3c4ccccc4c(-c4cccc5ccccc45)c4ccccc34)c3c(c2)oc2ccccc23)cc1.c1ccc(-c2ccc(-c3c4ccccc4c(-c4cccc5ccccc45)c4ccccc34)c3c2oc2ccccc23)cc1.c1ccc(-c2cccc3c2oc2cccc(-c4c5ccccc5c(-c5cccc6ccccc56)c5ccccc45)c23)cc1. The summed E-state index contributed by atoms with van der Waals surface area (Å²) in [5.74, 6) is 0. The summed E-state index contributed by atoms with van der Waals surface area (Å²) in [6.07, 6.45) is 0. The molecule has 3 nitrogen and oxygen atoms in total. The highest BCUT2D eigenvalue weighted by Crippen LogP contribution is 2.54. The Hall–Kier alpha value is -17.0. The van der Waals surface area contributed by atoms with Gasteiger partial charge in [-0.2, -0.15) is 0 Å². The Labute approximate surface area is 744 Å². The molecule has 27 rings (SSSR count). The maximum absolute atomic E-state index is 6.67. The first-order valence-corrected chi connectivity index (χ1v) is 44.3. The molecular weight excluding hydrogens is 1560 g/mol. The van der Waals surface area contributed by atoms with Crippen LogP contribution in [0.15, 0.2) is 486 Å². The van der Waals surface area contributed by atoms with Crippen LogP contribution in [0.5, 0.6) is 0 Å². The first-order chi connectivity index (χ1) is 64.1. The summed E-state index contributed by atoms with van der Waals surface area (Å²) in [6, 6.07) is 170. The lowest BCUT2D eigenvalue weighted by Gasteiger charge is -2.19. The molecule has 0 saturated carbocycles. The molecule has 0 fully saturated rings. The van der Waals surface area contributed by atoms with E-state index in [1.807, 2.05) is 6.07 Å². The molecular formula is C126H78O3. The maximum Gasteiger partial charge on any atom is 0.143 e. The van der Waals surface area contributed by atoms with E-state index in [0.29, 0.717) is 0 Å². The highest BCUT2D eigenvalue weighted by atomic mass is 16.3. The second-order valence-electron chi connectivity index (χ2n) is 33.6. The van der Waals surface area contributed by atoms with E-state index in [1.165, 1.54) is 169 Å². The zero-order chi connectivity index (χ0) is 85.0. The minimum Gasteiger partial charge on any atom is -0.456 e. The number of rotatable bonds is 9. The van der Waals surface area contributed by atoms with Gasteiger partial charge in [0.2, 0.25) is 0 Å². The van der Waals surface area contributed by atoms with Gasteiger partial charge in [0.25, 0.3) is 0 Å². The standard InChI is InChI=1S/3C42H26O/c1-2-13-28(14-3-1)30-22-11-25-37-41-36(24-12-26-38(41)43-42(30)37)40-34-20-8-6-18-32(34)39(33-19-7-9-21-35(33)40)31-23-10-16-27-15-4-5-17-29(27)31;1-2-13-27(14-3-1)29-25-37(42-36-22-10-11-24-38(36)43-39(42)26-29)41-34-20-8-6-18-32(34)40(33-19-7-9-21-35(33)41)31-23-12-16-28-15-4-5-17-30(28)31;1-2-13-28(14-3-1)30-25-26-37(41-36-22-10-11-24-38(36)43-42(30)41)40-34-20-8-6-18-32(34)39(33-19-7-9-21-35(33)40)31-23-12-16-27-15-4-5-17-29(27)31/h3*1-26H. The van der Waals surface area contributed by atoms with Gasteiger partial charge in [0.1, 0.15) is 33.5 Å². The third kappa shape index (κ3) is 12.3. The summed E-state index contributed by atoms with van der Waals surface area (Å²) in [7, 11) is 0. The van der Waals surface area contributed by atoms with Crippen LogP contribution in [-0.2, 0) is 0 Å². The zero-order valence-electron chi connectivity index (χ0n) is 70.3. The van der Waals surface area contributed by atoms with Crippen LogP contribution in [0, 0.1) is 0 Å². The van der Waals surface area contributed by atoms with Crippen LogP contribution in [0.4, 0.5) is 0 Å². The molecule has 0 bridgehead atoms. The molecule has 0 amide bonds. The lowest BCUT2D eigenvalue weighted by atomic mass is 9.83. The molecule has 3 heteroatoms. The van der Waals surface area contributed by atoms with Crippen LogP contribution >= 0.6 is 0 Å². The van der Waals surface area contributed by atoms with Crippen molar-refractivity contribution in [2.75, 3.05) is 0 Å². The summed E-state index contributed by atoms with van der Waals surface area (Å²) in [6.45, 7) is 0. The van der Waals surface area contributed by atoms with E-state index in [-0.39, 0.29) is 0 Å².